The molecule has 0 spiro atoms. The molecule has 106 valence electrons. The lowest BCUT2D eigenvalue weighted by atomic mass is 9.91. The van der Waals surface area contributed by atoms with E-state index in [9.17, 15) is 14.3 Å². The fourth-order valence-corrected chi connectivity index (χ4v) is 2.10. The van der Waals surface area contributed by atoms with E-state index in [-0.39, 0.29) is 16.1 Å². The van der Waals surface area contributed by atoms with Crippen molar-refractivity contribution in [3.63, 3.8) is 0 Å². The highest BCUT2D eigenvalue weighted by molar-refractivity contribution is 9.10. The predicted octanol–water partition coefficient (Wildman–Crippen LogP) is 4.24. The first-order chi connectivity index (χ1) is 9.20. The second-order valence-electron chi connectivity index (χ2n) is 5.38. The third-order valence-electron chi connectivity index (χ3n) is 2.70. The molecular formula is C14H13BrFNO3. The number of carbonyl (C=O) groups is 1. The third kappa shape index (κ3) is 2.75. The maximum absolute atomic E-state index is 13.2. The molecule has 1 heterocycles. The lowest BCUT2D eigenvalue weighted by Crippen LogP contribution is -2.16. The van der Waals surface area contributed by atoms with Gasteiger partial charge in [0.1, 0.15) is 11.5 Å². The third-order valence-corrected chi connectivity index (χ3v) is 3.31. The Bertz CT molecular complexity index is 674. The number of hydrogen-bond donors (Lipinski definition) is 1. The summed E-state index contributed by atoms with van der Waals surface area (Å²) >= 11 is 3.08. The molecule has 4 nitrogen and oxygen atoms in total. The maximum Gasteiger partial charge on any atom is 0.373 e. The van der Waals surface area contributed by atoms with Gasteiger partial charge in [-0.1, -0.05) is 20.8 Å². The second kappa shape index (κ2) is 5.01. The minimum absolute atomic E-state index is 0.160. The molecule has 1 aromatic heterocycles. The maximum atomic E-state index is 13.2. The van der Waals surface area contributed by atoms with Crippen molar-refractivity contribution in [2.45, 2.75) is 26.2 Å². The first-order valence-corrected chi connectivity index (χ1v) is 6.69. The van der Waals surface area contributed by atoms with Crippen LogP contribution in [0.25, 0.3) is 11.5 Å². The van der Waals surface area contributed by atoms with Gasteiger partial charge in [0.2, 0.25) is 11.7 Å². The zero-order valence-electron chi connectivity index (χ0n) is 11.2. The van der Waals surface area contributed by atoms with Crippen molar-refractivity contribution in [1.29, 1.82) is 0 Å². The molecule has 20 heavy (non-hydrogen) atoms. The average molecular weight is 342 g/mol. The summed E-state index contributed by atoms with van der Waals surface area (Å²) in [6, 6.07) is 4.25. The highest BCUT2D eigenvalue weighted by Gasteiger charge is 2.29. The molecule has 0 atom stereocenters. The molecule has 0 aliphatic rings. The van der Waals surface area contributed by atoms with E-state index in [0.717, 1.165) is 0 Å². The zero-order chi connectivity index (χ0) is 15.1. The van der Waals surface area contributed by atoms with E-state index in [1.807, 2.05) is 20.8 Å². The van der Waals surface area contributed by atoms with Crippen LogP contribution in [0.5, 0.6) is 0 Å². The van der Waals surface area contributed by atoms with E-state index >= 15 is 0 Å². The van der Waals surface area contributed by atoms with Crippen molar-refractivity contribution >= 4 is 21.9 Å². The van der Waals surface area contributed by atoms with Gasteiger partial charge >= 0.3 is 5.97 Å². The Balaban J connectivity index is 2.58. The van der Waals surface area contributed by atoms with E-state index in [1.165, 1.54) is 18.2 Å². The van der Waals surface area contributed by atoms with Gasteiger partial charge in [-0.05, 0) is 34.1 Å². The van der Waals surface area contributed by atoms with Gasteiger partial charge in [-0.25, -0.2) is 14.2 Å². The minimum atomic E-state index is -1.17. The van der Waals surface area contributed by atoms with E-state index in [0.29, 0.717) is 11.3 Å². The van der Waals surface area contributed by atoms with Gasteiger partial charge in [0.05, 0.1) is 4.47 Å². The highest BCUT2D eigenvalue weighted by atomic mass is 79.9. The van der Waals surface area contributed by atoms with E-state index in [2.05, 4.69) is 20.9 Å². The molecule has 2 aromatic rings. The normalized spacial score (nSPS) is 11.7. The first kappa shape index (κ1) is 14.7. The fourth-order valence-electron chi connectivity index (χ4n) is 1.73. The largest absolute Gasteiger partial charge is 0.475 e. The van der Waals surface area contributed by atoms with Crippen LogP contribution in [-0.2, 0) is 5.41 Å². The summed E-state index contributed by atoms with van der Waals surface area (Å²) in [5.74, 6) is -1.61. The van der Waals surface area contributed by atoms with Gasteiger partial charge in [-0.2, -0.15) is 0 Å². The lowest BCUT2D eigenvalue weighted by Gasteiger charge is -2.14. The average Bonchev–Trinajstić information content (AvgIpc) is 2.77. The zero-order valence-corrected chi connectivity index (χ0v) is 12.8. The molecule has 0 unspecified atom stereocenters. The number of halogens is 2. The smallest absolute Gasteiger partial charge is 0.373 e. The Kier molecular flexibility index (Phi) is 3.69. The van der Waals surface area contributed by atoms with Crippen LogP contribution in [0.3, 0.4) is 0 Å². The Morgan fingerprint density at radius 3 is 2.50 bits per heavy atom. The SMILES string of the molecule is CC(C)(C)c1nc(-c2ccc(F)c(Br)c2)oc1C(=O)O. The molecule has 1 N–H and O–H groups in total. The number of benzene rings is 1. The number of hydrogen-bond acceptors (Lipinski definition) is 3. The summed E-state index contributed by atoms with van der Waals surface area (Å²) in [6.45, 7) is 5.55. The molecule has 0 saturated heterocycles. The van der Waals surface area contributed by atoms with Crippen LogP contribution >= 0.6 is 15.9 Å². The van der Waals surface area contributed by atoms with Gasteiger partial charge < -0.3 is 9.52 Å². The number of aromatic carboxylic acids is 1. The summed E-state index contributed by atoms with van der Waals surface area (Å²) in [6.07, 6.45) is 0. The number of carboxylic acids is 1. The van der Waals surface area contributed by atoms with Crippen LogP contribution in [0.2, 0.25) is 0 Å². The van der Waals surface area contributed by atoms with Gasteiger partial charge in [-0.3, -0.25) is 0 Å². The lowest BCUT2D eigenvalue weighted by molar-refractivity contribution is 0.0659. The first-order valence-electron chi connectivity index (χ1n) is 5.90. The second-order valence-corrected chi connectivity index (χ2v) is 6.24. The van der Waals surface area contributed by atoms with E-state index < -0.39 is 17.2 Å². The van der Waals surface area contributed by atoms with Crippen LogP contribution in [0.4, 0.5) is 4.39 Å². The van der Waals surface area contributed by atoms with Crippen molar-refractivity contribution in [2.75, 3.05) is 0 Å². The number of aromatic nitrogens is 1. The minimum Gasteiger partial charge on any atom is -0.475 e. The molecule has 6 heteroatoms. The van der Waals surface area contributed by atoms with Crippen LogP contribution in [-0.4, -0.2) is 16.1 Å². The Hall–Kier alpha value is -1.69. The van der Waals surface area contributed by atoms with Crippen molar-refractivity contribution in [3.8, 4) is 11.5 Å². The van der Waals surface area contributed by atoms with Crippen LogP contribution in [0, 0.1) is 5.82 Å². The molecule has 0 saturated carbocycles. The summed E-state index contributed by atoms with van der Waals surface area (Å²) in [4.78, 5) is 15.5. The Morgan fingerprint density at radius 2 is 2.05 bits per heavy atom. The summed E-state index contributed by atoms with van der Waals surface area (Å²) in [5, 5.41) is 9.18. The molecule has 2 rings (SSSR count). The van der Waals surface area contributed by atoms with Crippen LogP contribution < -0.4 is 0 Å². The molecule has 0 aliphatic carbocycles. The fraction of sp³-hybridized carbons (Fsp3) is 0.286. The van der Waals surface area contributed by atoms with E-state index in [1.54, 1.807) is 0 Å². The highest BCUT2D eigenvalue weighted by Crippen LogP contribution is 2.31. The standard InChI is InChI=1S/C14H13BrFNO3/c1-14(2,3)11-10(13(18)19)20-12(17-11)7-4-5-9(16)8(15)6-7/h4-6H,1-3H3,(H,18,19). The molecular weight excluding hydrogens is 329 g/mol. The quantitative estimate of drug-likeness (QED) is 0.887. The van der Waals surface area contributed by atoms with Crippen LogP contribution in [0.15, 0.2) is 27.1 Å². The Morgan fingerprint density at radius 1 is 1.40 bits per heavy atom. The summed E-state index contributed by atoms with van der Waals surface area (Å²) in [5.41, 5.74) is 0.406. The molecule has 0 radical (unpaired) electrons. The van der Waals surface area contributed by atoms with Gasteiger partial charge in [-0.15, -0.1) is 0 Å². The molecule has 0 fully saturated rings. The van der Waals surface area contributed by atoms with Crippen LogP contribution in [0.1, 0.15) is 37.0 Å². The molecule has 0 aliphatic heterocycles. The summed E-state index contributed by atoms with van der Waals surface area (Å²) in [7, 11) is 0. The van der Waals surface area contributed by atoms with Gasteiger partial charge in [0.25, 0.3) is 0 Å². The molecule has 1 aromatic carbocycles. The topological polar surface area (TPSA) is 63.3 Å². The van der Waals surface area contributed by atoms with Gasteiger partial charge in [0.15, 0.2) is 0 Å². The summed E-state index contributed by atoms with van der Waals surface area (Å²) < 4.78 is 18.8. The number of carboxylic acid groups (broad SMARTS) is 1. The van der Waals surface area contributed by atoms with Crippen molar-refractivity contribution in [1.82, 2.24) is 4.98 Å². The Labute approximate surface area is 123 Å². The predicted molar refractivity (Wildman–Crippen MR) is 75.3 cm³/mol. The monoisotopic (exact) mass is 341 g/mol. The molecule has 0 bridgehead atoms. The van der Waals surface area contributed by atoms with Crippen molar-refractivity contribution in [3.05, 3.63) is 39.9 Å². The van der Waals surface area contributed by atoms with Crippen molar-refractivity contribution in [2.24, 2.45) is 0 Å². The van der Waals surface area contributed by atoms with Crippen molar-refractivity contribution < 1.29 is 18.7 Å². The van der Waals surface area contributed by atoms with Gasteiger partial charge in [0, 0.05) is 11.0 Å². The van der Waals surface area contributed by atoms with E-state index in [4.69, 9.17) is 4.42 Å². The number of rotatable bonds is 2. The number of oxazole rings is 1. The number of nitrogens with zero attached hydrogens (tertiary/aromatic N) is 1. The molecule has 0 amide bonds.